The molecule has 0 radical (unpaired) electrons. The molecule has 3 heteroatoms. The maximum absolute atomic E-state index is 5.12. The fourth-order valence-corrected chi connectivity index (χ4v) is 1.72. The highest BCUT2D eigenvalue weighted by atomic mass is 16.5. The van der Waals surface area contributed by atoms with Gasteiger partial charge in [0, 0.05) is 0 Å². The maximum Gasteiger partial charge on any atom is 0.124 e. The average molecular weight is 202 g/mol. The molecule has 1 aromatic carbocycles. The van der Waals surface area contributed by atoms with Crippen LogP contribution in [0.4, 0.5) is 0 Å². The molecule has 0 amide bonds. The number of nitrogens with zero attached hydrogens (tertiary/aromatic N) is 2. The van der Waals surface area contributed by atoms with Crippen molar-refractivity contribution in [1.29, 1.82) is 0 Å². The minimum absolute atomic E-state index is 0.309. The molecule has 0 saturated heterocycles. The van der Waals surface area contributed by atoms with Gasteiger partial charge in [-0.15, -0.1) is 0 Å². The van der Waals surface area contributed by atoms with Crippen LogP contribution >= 0.6 is 0 Å². The van der Waals surface area contributed by atoms with Crippen LogP contribution in [-0.4, -0.2) is 7.11 Å². The number of ether oxygens (including phenoxy) is 1. The first-order chi connectivity index (χ1) is 7.14. The second kappa shape index (κ2) is 3.50. The van der Waals surface area contributed by atoms with Gasteiger partial charge in [-0.25, -0.2) is 0 Å². The molecule has 0 bridgehead atoms. The first-order valence-corrected chi connectivity index (χ1v) is 4.91. The molecule has 78 valence electrons. The number of rotatable bonds is 2. The first kappa shape index (κ1) is 9.90. The van der Waals surface area contributed by atoms with E-state index in [-0.39, 0.29) is 5.54 Å². The van der Waals surface area contributed by atoms with Gasteiger partial charge in [-0.1, -0.05) is 12.1 Å². The van der Waals surface area contributed by atoms with E-state index >= 15 is 0 Å². The lowest BCUT2D eigenvalue weighted by atomic mass is 9.93. The Kier molecular flexibility index (Phi) is 2.31. The van der Waals surface area contributed by atoms with Crippen molar-refractivity contribution in [2.45, 2.75) is 19.4 Å². The third kappa shape index (κ3) is 1.77. The lowest BCUT2D eigenvalue weighted by molar-refractivity contribution is 0.414. The monoisotopic (exact) mass is 202 g/mol. The fourth-order valence-electron chi connectivity index (χ4n) is 1.72. The van der Waals surface area contributed by atoms with Gasteiger partial charge in [-0.2, -0.15) is 10.2 Å². The quantitative estimate of drug-likeness (QED) is 0.724. The van der Waals surface area contributed by atoms with E-state index in [0.29, 0.717) is 0 Å². The van der Waals surface area contributed by atoms with E-state index < -0.39 is 0 Å². The maximum atomic E-state index is 5.12. The molecular weight excluding hydrogens is 188 g/mol. The molecule has 0 saturated carbocycles. The van der Waals surface area contributed by atoms with Gasteiger partial charge in [0.15, 0.2) is 0 Å². The van der Waals surface area contributed by atoms with Crippen LogP contribution in [0, 0.1) is 0 Å². The summed E-state index contributed by atoms with van der Waals surface area (Å²) in [5, 5.41) is 8.33. The van der Waals surface area contributed by atoms with Crippen LogP contribution in [0.2, 0.25) is 0 Å². The highest BCUT2D eigenvalue weighted by Gasteiger charge is 2.27. The largest absolute Gasteiger partial charge is 0.497 e. The summed E-state index contributed by atoms with van der Waals surface area (Å²) in [5.74, 6) is 0.859. The van der Waals surface area contributed by atoms with Gasteiger partial charge >= 0.3 is 0 Å². The third-order valence-corrected chi connectivity index (χ3v) is 2.58. The number of hydrogen-bond donors (Lipinski definition) is 0. The van der Waals surface area contributed by atoms with Crippen LogP contribution in [0.5, 0.6) is 5.75 Å². The molecule has 2 rings (SSSR count). The Morgan fingerprint density at radius 2 is 1.87 bits per heavy atom. The molecule has 0 spiro atoms. The van der Waals surface area contributed by atoms with E-state index in [1.807, 2.05) is 31.2 Å². The number of benzene rings is 1. The summed E-state index contributed by atoms with van der Waals surface area (Å²) in [6, 6.07) is 7.93. The van der Waals surface area contributed by atoms with E-state index in [0.717, 1.165) is 17.0 Å². The van der Waals surface area contributed by atoms with Gasteiger partial charge in [0.2, 0.25) is 0 Å². The van der Waals surface area contributed by atoms with E-state index in [1.165, 1.54) is 0 Å². The Balaban J connectivity index is 2.34. The van der Waals surface area contributed by atoms with Gasteiger partial charge in [0.1, 0.15) is 11.3 Å². The summed E-state index contributed by atoms with van der Waals surface area (Å²) in [6.07, 6.45) is 2.06. The van der Waals surface area contributed by atoms with Crippen LogP contribution < -0.4 is 4.74 Å². The number of methoxy groups -OCH3 is 1. The topological polar surface area (TPSA) is 34.0 Å². The van der Waals surface area contributed by atoms with Gasteiger partial charge < -0.3 is 4.74 Å². The minimum atomic E-state index is -0.309. The second-order valence-electron chi connectivity index (χ2n) is 3.86. The predicted octanol–water partition coefficient (Wildman–Crippen LogP) is 3.28. The Bertz CT molecular complexity index is 420. The molecule has 0 aliphatic carbocycles. The SMILES string of the molecule is COc1ccc([C@]2(C)C=C(C)N=N2)cc1. The lowest BCUT2D eigenvalue weighted by Crippen LogP contribution is -2.12. The zero-order chi connectivity index (χ0) is 10.9. The molecule has 1 aromatic rings. The Hall–Kier alpha value is -1.64. The van der Waals surface area contributed by atoms with Crippen molar-refractivity contribution in [3.63, 3.8) is 0 Å². The molecule has 15 heavy (non-hydrogen) atoms. The molecule has 1 aliphatic rings. The highest BCUT2D eigenvalue weighted by molar-refractivity contribution is 5.36. The molecule has 0 fully saturated rings. The van der Waals surface area contributed by atoms with Crippen molar-refractivity contribution in [2.75, 3.05) is 7.11 Å². The number of allylic oxidation sites excluding steroid dienone is 1. The Morgan fingerprint density at radius 3 is 2.33 bits per heavy atom. The van der Waals surface area contributed by atoms with Gasteiger partial charge in [-0.3, -0.25) is 0 Å². The smallest absolute Gasteiger partial charge is 0.124 e. The molecule has 1 heterocycles. The van der Waals surface area contributed by atoms with Crippen molar-refractivity contribution < 1.29 is 4.74 Å². The van der Waals surface area contributed by atoms with Gasteiger partial charge in [0.25, 0.3) is 0 Å². The standard InChI is InChI=1S/C12H14N2O/c1-9-8-12(2,14-13-9)10-4-6-11(15-3)7-5-10/h4-8H,1-3H3/t12-/m0/s1. The predicted molar refractivity (Wildman–Crippen MR) is 59.0 cm³/mol. The van der Waals surface area contributed by atoms with E-state index in [1.54, 1.807) is 7.11 Å². The summed E-state index contributed by atoms with van der Waals surface area (Å²) in [4.78, 5) is 0. The van der Waals surface area contributed by atoms with Gasteiger partial charge in [-0.05, 0) is 37.6 Å². The summed E-state index contributed by atoms with van der Waals surface area (Å²) in [5.41, 5.74) is 1.79. The third-order valence-electron chi connectivity index (χ3n) is 2.58. The summed E-state index contributed by atoms with van der Waals surface area (Å²) in [7, 11) is 1.66. The van der Waals surface area contributed by atoms with E-state index in [2.05, 4.69) is 23.2 Å². The van der Waals surface area contributed by atoms with Crippen LogP contribution in [-0.2, 0) is 5.54 Å². The summed E-state index contributed by atoms with van der Waals surface area (Å²) >= 11 is 0. The Labute approximate surface area is 89.5 Å². The van der Waals surface area contributed by atoms with Crippen LogP contribution in [0.15, 0.2) is 46.3 Å². The zero-order valence-corrected chi connectivity index (χ0v) is 9.19. The highest BCUT2D eigenvalue weighted by Crippen LogP contribution is 2.34. The molecule has 0 N–H and O–H groups in total. The van der Waals surface area contributed by atoms with Gasteiger partial charge in [0.05, 0.1) is 12.8 Å². The normalized spacial score (nSPS) is 24.1. The van der Waals surface area contributed by atoms with E-state index in [4.69, 9.17) is 4.74 Å². The van der Waals surface area contributed by atoms with Crippen molar-refractivity contribution in [1.82, 2.24) is 0 Å². The Morgan fingerprint density at radius 1 is 1.20 bits per heavy atom. The fraction of sp³-hybridized carbons (Fsp3) is 0.333. The molecule has 3 nitrogen and oxygen atoms in total. The molecule has 0 unspecified atom stereocenters. The lowest BCUT2D eigenvalue weighted by Gasteiger charge is -2.17. The van der Waals surface area contributed by atoms with Crippen molar-refractivity contribution in [2.24, 2.45) is 10.2 Å². The molecular formula is C12H14N2O. The molecule has 1 aliphatic heterocycles. The van der Waals surface area contributed by atoms with Crippen molar-refractivity contribution in [3.8, 4) is 5.75 Å². The summed E-state index contributed by atoms with van der Waals surface area (Å²) in [6.45, 7) is 4.01. The zero-order valence-electron chi connectivity index (χ0n) is 9.19. The average Bonchev–Trinajstić information content (AvgIpc) is 2.60. The van der Waals surface area contributed by atoms with Crippen molar-refractivity contribution in [3.05, 3.63) is 41.6 Å². The van der Waals surface area contributed by atoms with Crippen molar-refractivity contribution >= 4 is 0 Å². The van der Waals surface area contributed by atoms with Crippen LogP contribution in [0.1, 0.15) is 19.4 Å². The number of azo groups is 1. The van der Waals surface area contributed by atoms with Crippen LogP contribution in [0.25, 0.3) is 0 Å². The van der Waals surface area contributed by atoms with E-state index in [9.17, 15) is 0 Å². The molecule has 0 aromatic heterocycles. The summed E-state index contributed by atoms with van der Waals surface area (Å²) < 4.78 is 5.12. The minimum Gasteiger partial charge on any atom is -0.497 e. The van der Waals surface area contributed by atoms with Crippen LogP contribution in [0.3, 0.4) is 0 Å². The first-order valence-electron chi connectivity index (χ1n) is 4.91. The molecule has 1 atom stereocenters. The number of hydrogen-bond acceptors (Lipinski definition) is 3. The second-order valence-corrected chi connectivity index (χ2v) is 3.86.